The lowest BCUT2D eigenvalue weighted by molar-refractivity contribution is 0.561. The molecule has 0 atom stereocenters. The molecule has 0 amide bonds. The van der Waals surface area contributed by atoms with Crippen molar-refractivity contribution < 1.29 is 17.2 Å². The fraction of sp³-hybridized carbons (Fsp3) is 0. The van der Waals surface area contributed by atoms with E-state index in [4.69, 9.17) is 4.42 Å². The van der Waals surface area contributed by atoms with Crippen LogP contribution in [0.1, 0.15) is 5.56 Å². The van der Waals surface area contributed by atoms with Gasteiger partial charge in [-0.15, -0.1) is 0 Å². The Bertz CT molecular complexity index is 2020. The van der Waals surface area contributed by atoms with E-state index in [2.05, 4.69) is 9.97 Å². The van der Waals surface area contributed by atoms with Crippen molar-refractivity contribution in [1.29, 1.82) is 5.26 Å². The molecule has 170 valence electrons. The molecule has 8 nitrogen and oxygen atoms in total. The average Bonchev–Trinajstić information content (AvgIpc) is 3.50. The molecule has 0 bridgehead atoms. The van der Waals surface area contributed by atoms with E-state index >= 15 is 0 Å². The van der Waals surface area contributed by atoms with Gasteiger partial charge in [0.05, 0.1) is 21.4 Å². The van der Waals surface area contributed by atoms with E-state index in [0.717, 1.165) is 10.0 Å². The van der Waals surface area contributed by atoms with Crippen molar-refractivity contribution in [2.75, 3.05) is 0 Å². The fourth-order valence-electron chi connectivity index (χ4n) is 4.20. The zero-order valence-electron chi connectivity index (χ0n) is 17.7. The maximum absolute atomic E-state index is 14.1. The predicted molar refractivity (Wildman–Crippen MR) is 127 cm³/mol. The van der Waals surface area contributed by atoms with Crippen molar-refractivity contribution in [2.24, 2.45) is 0 Å². The van der Waals surface area contributed by atoms with Gasteiger partial charge in [-0.1, -0.05) is 18.2 Å². The van der Waals surface area contributed by atoms with Crippen molar-refractivity contribution in [1.82, 2.24) is 13.9 Å². The molecule has 0 radical (unpaired) electrons. The maximum Gasteiger partial charge on any atom is 0.345 e. The first-order chi connectivity index (χ1) is 16.9. The maximum atomic E-state index is 14.1. The van der Waals surface area contributed by atoms with Crippen LogP contribution in [0.25, 0.3) is 44.2 Å². The summed E-state index contributed by atoms with van der Waals surface area (Å²) in [5.41, 5.74) is 0.854. The minimum Gasteiger partial charge on any atom is -0.422 e. The molecule has 6 rings (SSSR count). The lowest BCUT2D eigenvalue weighted by Crippen LogP contribution is -2.12. The first kappa shape index (κ1) is 20.8. The van der Waals surface area contributed by atoms with Crippen LogP contribution in [0.2, 0.25) is 0 Å². The Morgan fingerprint density at radius 1 is 1.03 bits per heavy atom. The number of rotatable bonds is 3. The molecule has 10 heteroatoms. The van der Waals surface area contributed by atoms with E-state index in [-0.39, 0.29) is 27.1 Å². The van der Waals surface area contributed by atoms with Gasteiger partial charge in [-0.05, 0) is 36.4 Å². The SMILES string of the molecule is N#Cc1cc2c(cc1F)oc(=O)c1cc(-c3ccnc4c3ccn4S(=O)(=O)c3ccccc3)[nH]c12. The lowest BCUT2D eigenvalue weighted by Gasteiger charge is -2.07. The van der Waals surface area contributed by atoms with Crippen LogP contribution in [0.3, 0.4) is 0 Å². The quantitative estimate of drug-likeness (QED) is 0.368. The van der Waals surface area contributed by atoms with Gasteiger partial charge >= 0.3 is 5.63 Å². The molecular formula is C25H13FN4O4S. The molecule has 4 aromatic heterocycles. The molecule has 1 N–H and O–H groups in total. The average molecular weight is 484 g/mol. The number of H-pyrrole nitrogens is 1. The van der Waals surface area contributed by atoms with Crippen LogP contribution in [-0.2, 0) is 10.0 Å². The second-order valence-corrected chi connectivity index (χ2v) is 9.64. The summed E-state index contributed by atoms with van der Waals surface area (Å²) < 4.78 is 46.8. The molecule has 0 aliphatic rings. The summed E-state index contributed by atoms with van der Waals surface area (Å²) in [6.45, 7) is 0. The minimum atomic E-state index is -3.88. The summed E-state index contributed by atoms with van der Waals surface area (Å²) >= 11 is 0. The first-order valence-electron chi connectivity index (χ1n) is 10.3. The highest BCUT2D eigenvalue weighted by atomic mass is 32.2. The van der Waals surface area contributed by atoms with E-state index in [9.17, 15) is 22.9 Å². The van der Waals surface area contributed by atoms with Crippen LogP contribution >= 0.6 is 0 Å². The monoisotopic (exact) mass is 484 g/mol. The van der Waals surface area contributed by atoms with Gasteiger partial charge in [-0.25, -0.2) is 26.6 Å². The van der Waals surface area contributed by atoms with E-state index in [0.29, 0.717) is 27.5 Å². The van der Waals surface area contributed by atoms with Gasteiger partial charge in [0, 0.05) is 40.5 Å². The number of hydrogen-bond donors (Lipinski definition) is 1. The molecule has 0 aliphatic heterocycles. The molecule has 0 saturated heterocycles. The molecule has 0 saturated carbocycles. The number of nitrogens with zero attached hydrogens (tertiary/aromatic N) is 3. The number of aromatic amines is 1. The molecule has 4 heterocycles. The summed E-state index contributed by atoms with van der Waals surface area (Å²) in [6.07, 6.45) is 2.90. The van der Waals surface area contributed by atoms with E-state index in [1.807, 2.05) is 0 Å². The Balaban J connectivity index is 1.59. The van der Waals surface area contributed by atoms with Crippen molar-refractivity contribution in [3.05, 3.63) is 94.9 Å². The summed E-state index contributed by atoms with van der Waals surface area (Å²) in [4.78, 5) is 20.2. The fourth-order valence-corrected chi connectivity index (χ4v) is 5.52. The third kappa shape index (κ3) is 3.06. The zero-order chi connectivity index (χ0) is 24.3. The second kappa shape index (κ2) is 7.38. The molecule has 35 heavy (non-hydrogen) atoms. The van der Waals surface area contributed by atoms with E-state index in [1.54, 1.807) is 42.5 Å². The van der Waals surface area contributed by atoms with Gasteiger partial charge in [0.25, 0.3) is 10.0 Å². The summed E-state index contributed by atoms with van der Waals surface area (Å²) in [6, 6.07) is 17.0. The molecule has 0 fully saturated rings. The highest BCUT2D eigenvalue weighted by Crippen LogP contribution is 2.33. The van der Waals surface area contributed by atoms with Gasteiger partial charge in [0.15, 0.2) is 5.65 Å². The van der Waals surface area contributed by atoms with Crippen molar-refractivity contribution in [3.63, 3.8) is 0 Å². The molecule has 6 aromatic rings. The lowest BCUT2D eigenvalue weighted by atomic mass is 10.1. The standard InChI is InChI=1S/C25H13FN4O4S/c26-20-12-22-18(10-14(20)13-27)23-19(25(31)34-22)11-21(29-23)16-6-8-28-24-17(16)7-9-30(24)35(32,33)15-4-2-1-3-5-15/h1-12,29H. The van der Waals surface area contributed by atoms with Crippen LogP contribution in [0, 0.1) is 17.1 Å². The topological polar surface area (TPSA) is 122 Å². The van der Waals surface area contributed by atoms with Crippen molar-refractivity contribution in [3.8, 4) is 17.3 Å². The van der Waals surface area contributed by atoms with Gasteiger partial charge in [-0.3, -0.25) is 0 Å². The van der Waals surface area contributed by atoms with Crippen molar-refractivity contribution in [2.45, 2.75) is 4.90 Å². The molecule has 0 aliphatic carbocycles. The summed E-state index contributed by atoms with van der Waals surface area (Å²) in [7, 11) is -3.88. The van der Waals surface area contributed by atoms with Gasteiger partial charge in [0.1, 0.15) is 17.5 Å². The number of benzene rings is 2. The minimum absolute atomic E-state index is 0.00684. The number of nitriles is 1. The Morgan fingerprint density at radius 2 is 1.83 bits per heavy atom. The molecule has 0 unspecified atom stereocenters. The number of pyridine rings is 1. The van der Waals surface area contributed by atoms with Crippen LogP contribution in [0.15, 0.2) is 87.2 Å². The van der Waals surface area contributed by atoms with Gasteiger partial charge < -0.3 is 9.40 Å². The van der Waals surface area contributed by atoms with Crippen LogP contribution in [0.4, 0.5) is 4.39 Å². The predicted octanol–water partition coefficient (Wildman–Crippen LogP) is 4.54. The van der Waals surface area contributed by atoms with Gasteiger partial charge in [0.2, 0.25) is 0 Å². The number of fused-ring (bicyclic) bond motifs is 4. The molecule has 2 aromatic carbocycles. The van der Waals surface area contributed by atoms with E-state index in [1.165, 1.54) is 30.6 Å². The zero-order valence-corrected chi connectivity index (χ0v) is 18.5. The normalized spacial score (nSPS) is 11.9. The molecule has 0 spiro atoms. The Morgan fingerprint density at radius 3 is 2.60 bits per heavy atom. The van der Waals surface area contributed by atoms with Crippen LogP contribution < -0.4 is 5.63 Å². The Kier molecular flexibility index (Phi) is 4.39. The number of nitrogens with one attached hydrogen (secondary N) is 1. The van der Waals surface area contributed by atoms with Crippen molar-refractivity contribution >= 4 is 42.9 Å². The van der Waals surface area contributed by atoms with Gasteiger partial charge in [-0.2, -0.15) is 5.26 Å². The third-order valence-electron chi connectivity index (χ3n) is 5.84. The third-order valence-corrected chi connectivity index (χ3v) is 7.52. The summed E-state index contributed by atoms with van der Waals surface area (Å²) in [5.74, 6) is -0.786. The largest absolute Gasteiger partial charge is 0.422 e. The highest BCUT2D eigenvalue weighted by Gasteiger charge is 2.22. The molecular weight excluding hydrogens is 471 g/mol. The smallest absolute Gasteiger partial charge is 0.345 e. The Hall–Kier alpha value is -4.75. The highest BCUT2D eigenvalue weighted by molar-refractivity contribution is 7.90. The summed E-state index contributed by atoms with van der Waals surface area (Å²) in [5, 5.41) is 10.3. The van der Waals surface area contributed by atoms with Crippen LogP contribution in [-0.4, -0.2) is 22.4 Å². The van der Waals surface area contributed by atoms with E-state index < -0.39 is 21.5 Å². The van der Waals surface area contributed by atoms with Crippen LogP contribution in [0.5, 0.6) is 0 Å². The number of halogens is 1. The first-order valence-corrected chi connectivity index (χ1v) is 11.8. The number of hydrogen-bond acceptors (Lipinski definition) is 6. The second-order valence-electron chi connectivity index (χ2n) is 7.83. The Labute approximate surface area is 196 Å². The number of aromatic nitrogens is 3.